The Morgan fingerprint density at radius 2 is 1.81 bits per heavy atom. The molecule has 3 heteroatoms. The van der Waals surface area contributed by atoms with Gasteiger partial charge in [0.05, 0.1) is 6.61 Å². The Bertz CT molecular complexity index is 246. The van der Waals surface area contributed by atoms with Gasteiger partial charge < -0.3 is 15.3 Å². The van der Waals surface area contributed by atoms with Crippen LogP contribution in [0.5, 0.6) is 0 Å². The largest absolute Gasteiger partial charge is 0.394 e. The first-order chi connectivity index (χ1) is 10.2. The van der Waals surface area contributed by atoms with Crippen LogP contribution in [0, 0.1) is 0 Å². The van der Waals surface area contributed by atoms with Crippen LogP contribution in [0.25, 0.3) is 0 Å². The molecule has 126 valence electrons. The molecule has 1 aliphatic carbocycles. The fourth-order valence-electron chi connectivity index (χ4n) is 3.58. The second-order valence-corrected chi connectivity index (χ2v) is 6.95. The van der Waals surface area contributed by atoms with E-state index in [-0.39, 0.29) is 12.1 Å². The van der Waals surface area contributed by atoms with Crippen LogP contribution in [0.1, 0.15) is 78.1 Å². The number of rotatable bonds is 10. The molecule has 1 saturated carbocycles. The van der Waals surface area contributed by atoms with Crippen molar-refractivity contribution in [2.75, 3.05) is 26.7 Å². The highest BCUT2D eigenvalue weighted by molar-refractivity contribution is 4.86. The van der Waals surface area contributed by atoms with Crippen molar-refractivity contribution >= 4 is 0 Å². The molecule has 1 fully saturated rings. The van der Waals surface area contributed by atoms with Crippen molar-refractivity contribution in [2.24, 2.45) is 0 Å². The molecule has 0 radical (unpaired) electrons. The highest BCUT2D eigenvalue weighted by Gasteiger charge is 2.26. The summed E-state index contributed by atoms with van der Waals surface area (Å²) in [6.07, 6.45) is 12.8. The van der Waals surface area contributed by atoms with Crippen molar-refractivity contribution in [1.29, 1.82) is 0 Å². The Kier molecular flexibility index (Phi) is 9.54. The number of aliphatic hydroxyl groups excluding tert-OH is 1. The summed E-state index contributed by atoms with van der Waals surface area (Å²) in [6, 6.07) is 0.793. The molecule has 0 aromatic rings. The topological polar surface area (TPSA) is 35.5 Å². The van der Waals surface area contributed by atoms with E-state index in [4.69, 9.17) is 0 Å². The lowest BCUT2D eigenvalue weighted by molar-refractivity contribution is 0.135. The van der Waals surface area contributed by atoms with Crippen LogP contribution in [0.3, 0.4) is 0 Å². The van der Waals surface area contributed by atoms with Gasteiger partial charge >= 0.3 is 0 Å². The molecule has 0 saturated heterocycles. The lowest BCUT2D eigenvalue weighted by Crippen LogP contribution is -2.48. The molecule has 21 heavy (non-hydrogen) atoms. The third kappa shape index (κ3) is 6.66. The smallest absolute Gasteiger partial charge is 0.0613 e. The van der Waals surface area contributed by atoms with E-state index in [0.717, 1.165) is 31.8 Å². The molecule has 0 heterocycles. The summed E-state index contributed by atoms with van der Waals surface area (Å²) in [5, 5.41) is 13.4. The molecule has 1 aliphatic rings. The summed E-state index contributed by atoms with van der Waals surface area (Å²) in [4.78, 5) is 2.57. The summed E-state index contributed by atoms with van der Waals surface area (Å²) in [6.45, 7) is 6.81. The van der Waals surface area contributed by atoms with Gasteiger partial charge in [0.2, 0.25) is 0 Å². The van der Waals surface area contributed by atoms with Crippen LogP contribution in [-0.2, 0) is 0 Å². The quantitative estimate of drug-likeness (QED) is 0.605. The van der Waals surface area contributed by atoms with E-state index in [2.05, 4.69) is 31.1 Å². The number of hydrogen-bond donors (Lipinski definition) is 2. The monoisotopic (exact) mass is 298 g/mol. The number of hydrogen-bond acceptors (Lipinski definition) is 3. The minimum Gasteiger partial charge on any atom is -0.394 e. The van der Waals surface area contributed by atoms with Crippen LogP contribution in [0.4, 0.5) is 0 Å². The number of aliphatic hydroxyl groups is 1. The molecule has 1 rings (SSSR count). The van der Waals surface area contributed by atoms with E-state index >= 15 is 0 Å². The lowest BCUT2D eigenvalue weighted by Gasteiger charge is -2.34. The molecule has 2 N–H and O–H groups in total. The fraction of sp³-hybridized carbons (Fsp3) is 1.00. The van der Waals surface area contributed by atoms with Crippen molar-refractivity contribution in [3.63, 3.8) is 0 Å². The summed E-state index contributed by atoms with van der Waals surface area (Å²) in [5.74, 6) is 0. The van der Waals surface area contributed by atoms with Gasteiger partial charge in [0, 0.05) is 11.6 Å². The van der Waals surface area contributed by atoms with E-state index in [1.54, 1.807) is 0 Å². The summed E-state index contributed by atoms with van der Waals surface area (Å²) in [5.41, 5.74) is -0.0553. The van der Waals surface area contributed by atoms with Gasteiger partial charge in [-0.05, 0) is 58.7 Å². The van der Waals surface area contributed by atoms with Gasteiger partial charge in [0.1, 0.15) is 0 Å². The Hall–Kier alpha value is -0.120. The Morgan fingerprint density at radius 1 is 1.14 bits per heavy atom. The molecule has 0 amide bonds. The maximum Gasteiger partial charge on any atom is 0.0613 e. The molecule has 1 atom stereocenters. The van der Waals surface area contributed by atoms with E-state index in [1.807, 2.05) is 0 Å². The first-order valence-electron chi connectivity index (χ1n) is 9.23. The van der Waals surface area contributed by atoms with Crippen molar-refractivity contribution in [3.05, 3.63) is 0 Å². The van der Waals surface area contributed by atoms with E-state index in [1.165, 1.54) is 51.5 Å². The Labute approximate surface area is 132 Å². The third-order valence-electron chi connectivity index (χ3n) is 5.34. The molecule has 0 bridgehead atoms. The molecular formula is C18H38N2O. The summed E-state index contributed by atoms with van der Waals surface area (Å²) >= 11 is 0. The van der Waals surface area contributed by atoms with Gasteiger partial charge in [0.25, 0.3) is 0 Å². The second-order valence-electron chi connectivity index (χ2n) is 6.95. The van der Waals surface area contributed by atoms with Crippen molar-refractivity contribution in [3.8, 4) is 0 Å². The Balaban J connectivity index is 2.34. The number of nitrogens with zero attached hydrogens (tertiary/aromatic N) is 1. The van der Waals surface area contributed by atoms with E-state index < -0.39 is 0 Å². The predicted octanol–water partition coefficient (Wildman–Crippen LogP) is 3.56. The zero-order chi connectivity index (χ0) is 15.6. The Morgan fingerprint density at radius 3 is 2.33 bits per heavy atom. The molecule has 0 aliphatic heterocycles. The molecule has 3 nitrogen and oxygen atoms in total. The molecule has 0 aromatic heterocycles. The van der Waals surface area contributed by atoms with Crippen LogP contribution in [0.2, 0.25) is 0 Å². The highest BCUT2D eigenvalue weighted by Crippen LogP contribution is 2.22. The standard InChI is InChI=1S/C18H38N2O/c1-4-14-19-18(5-2,16-21)13-10-15-20(3)17-11-8-6-7-9-12-17/h17,19,21H,4-16H2,1-3H3. The average molecular weight is 299 g/mol. The zero-order valence-electron chi connectivity index (χ0n) is 14.7. The van der Waals surface area contributed by atoms with Gasteiger partial charge in [0.15, 0.2) is 0 Å². The predicted molar refractivity (Wildman–Crippen MR) is 91.8 cm³/mol. The van der Waals surface area contributed by atoms with Gasteiger partial charge in [-0.2, -0.15) is 0 Å². The third-order valence-corrected chi connectivity index (χ3v) is 5.34. The molecule has 1 unspecified atom stereocenters. The van der Waals surface area contributed by atoms with E-state index in [0.29, 0.717) is 0 Å². The first kappa shape index (κ1) is 18.9. The van der Waals surface area contributed by atoms with Crippen LogP contribution in [-0.4, -0.2) is 48.3 Å². The molecule has 0 spiro atoms. The van der Waals surface area contributed by atoms with E-state index in [9.17, 15) is 5.11 Å². The van der Waals surface area contributed by atoms with Gasteiger partial charge in [-0.25, -0.2) is 0 Å². The van der Waals surface area contributed by atoms with Crippen LogP contribution in [0.15, 0.2) is 0 Å². The maximum absolute atomic E-state index is 9.78. The fourth-order valence-corrected chi connectivity index (χ4v) is 3.58. The van der Waals surface area contributed by atoms with Crippen molar-refractivity contribution < 1.29 is 5.11 Å². The molecule has 0 aromatic carbocycles. The highest BCUT2D eigenvalue weighted by atomic mass is 16.3. The second kappa shape index (κ2) is 10.6. The summed E-state index contributed by atoms with van der Waals surface area (Å²) in [7, 11) is 2.29. The number of nitrogens with one attached hydrogen (secondary N) is 1. The zero-order valence-corrected chi connectivity index (χ0v) is 14.7. The van der Waals surface area contributed by atoms with Gasteiger partial charge in [-0.3, -0.25) is 0 Å². The van der Waals surface area contributed by atoms with Crippen molar-refractivity contribution in [2.45, 2.75) is 89.6 Å². The minimum absolute atomic E-state index is 0.0553. The van der Waals surface area contributed by atoms with Crippen molar-refractivity contribution in [1.82, 2.24) is 10.2 Å². The molecular weight excluding hydrogens is 260 g/mol. The first-order valence-corrected chi connectivity index (χ1v) is 9.23. The van der Waals surface area contributed by atoms with Gasteiger partial charge in [-0.15, -0.1) is 0 Å². The van der Waals surface area contributed by atoms with Crippen LogP contribution < -0.4 is 5.32 Å². The SMILES string of the molecule is CCCNC(CC)(CO)CCCN(C)C1CCCCCC1. The maximum atomic E-state index is 9.78. The summed E-state index contributed by atoms with van der Waals surface area (Å²) < 4.78 is 0. The minimum atomic E-state index is -0.0553. The van der Waals surface area contributed by atoms with Crippen LogP contribution >= 0.6 is 0 Å². The normalized spacial score (nSPS) is 20.4. The van der Waals surface area contributed by atoms with Gasteiger partial charge in [-0.1, -0.05) is 39.5 Å². The lowest BCUT2D eigenvalue weighted by atomic mass is 9.90. The average Bonchev–Trinajstić information content (AvgIpc) is 2.80.